The van der Waals surface area contributed by atoms with E-state index in [4.69, 9.17) is 4.99 Å². The van der Waals surface area contributed by atoms with E-state index in [1.165, 1.54) is 17.7 Å². The van der Waals surface area contributed by atoms with Crippen molar-refractivity contribution in [2.75, 3.05) is 39.3 Å². The molecule has 0 aliphatic carbocycles. The van der Waals surface area contributed by atoms with Crippen molar-refractivity contribution in [2.45, 2.75) is 45.3 Å². The Balaban J connectivity index is 1.72. The van der Waals surface area contributed by atoms with E-state index in [-0.39, 0.29) is 6.10 Å². The number of piperidine rings is 1. The number of hydrogen-bond donors (Lipinski definition) is 2. The molecule has 1 unspecified atom stereocenters. The predicted octanol–water partition coefficient (Wildman–Crippen LogP) is 2.55. The third kappa shape index (κ3) is 4.96. The largest absolute Gasteiger partial charge is 0.391 e. The van der Waals surface area contributed by atoms with E-state index in [1.54, 1.807) is 0 Å². The van der Waals surface area contributed by atoms with E-state index in [0.717, 1.165) is 51.0 Å². The van der Waals surface area contributed by atoms with E-state index in [2.05, 4.69) is 46.5 Å². The zero-order valence-electron chi connectivity index (χ0n) is 15.5. The predicted molar refractivity (Wildman–Crippen MR) is 105 cm³/mol. The van der Waals surface area contributed by atoms with Crippen LogP contribution in [-0.4, -0.2) is 66.2 Å². The van der Waals surface area contributed by atoms with Crippen molar-refractivity contribution in [1.82, 2.24) is 15.1 Å². The van der Waals surface area contributed by atoms with Crippen LogP contribution in [0.1, 0.15) is 44.0 Å². The van der Waals surface area contributed by atoms with Crippen LogP contribution in [0.25, 0.3) is 0 Å². The Labute approximate surface area is 155 Å². The summed E-state index contributed by atoms with van der Waals surface area (Å²) in [6.45, 7) is 10.0. The highest BCUT2D eigenvalue weighted by Crippen LogP contribution is 2.29. The fraction of sp³-hybridized carbons (Fsp3) is 0.737. The summed E-state index contributed by atoms with van der Waals surface area (Å²) >= 11 is 1.84. The standard InChI is InChI=1S/C19H32N4OS/c1-3-20-19(23-11-8-16(24)14-23)21-13-17(18-5-4-12-25-18)22-9-6-15(2)7-10-22/h4-5,12,15-17,24H,3,6-11,13-14H2,1-2H3,(H,20,21)/t16-,17?/m1/s1. The summed E-state index contributed by atoms with van der Waals surface area (Å²) in [5.74, 6) is 1.79. The minimum atomic E-state index is -0.222. The Morgan fingerprint density at radius 2 is 2.16 bits per heavy atom. The maximum Gasteiger partial charge on any atom is 0.194 e. The van der Waals surface area contributed by atoms with Gasteiger partial charge in [0.05, 0.1) is 18.7 Å². The van der Waals surface area contributed by atoms with Crippen molar-refractivity contribution < 1.29 is 5.11 Å². The molecular weight excluding hydrogens is 332 g/mol. The van der Waals surface area contributed by atoms with E-state index >= 15 is 0 Å². The minimum absolute atomic E-state index is 0.222. The first-order valence-corrected chi connectivity index (χ1v) is 10.5. The molecule has 0 saturated carbocycles. The SMILES string of the molecule is CCNC(=NCC(c1cccs1)N1CCC(C)CC1)N1CC[C@@H](O)C1. The highest BCUT2D eigenvalue weighted by atomic mass is 32.1. The molecule has 2 saturated heterocycles. The lowest BCUT2D eigenvalue weighted by atomic mass is 9.97. The van der Waals surface area contributed by atoms with Gasteiger partial charge in [-0.2, -0.15) is 0 Å². The lowest BCUT2D eigenvalue weighted by Gasteiger charge is -2.36. The number of rotatable bonds is 5. The zero-order chi connectivity index (χ0) is 17.6. The summed E-state index contributed by atoms with van der Waals surface area (Å²) in [5.41, 5.74) is 0. The van der Waals surface area contributed by atoms with Crippen LogP contribution in [-0.2, 0) is 0 Å². The molecule has 25 heavy (non-hydrogen) atoms. The van der Waals surface area contributed by atoms with Gasteiger partial charge in [0.1, 0.15) is 0 Å². The quantitative estimate of drug-likeness (QED) is 0.623. The van der Waals surface area contributed by atoms with Gasteiger partial charge in [-0.15, -0.1) is 11.3 Å². The summed E-state index contributed by atoms with van der Waals surface area (Å²) in [4.78, 5) is 11.2. The number of thiophene rings is 1. The molecule has 0 aromatic carbocycles. The summed E-state index contributed by atoms with van der Waals surface area (Å²) in [6, 6.07) is 4.76. The van der Waals surface area contributed by atoms with Gasteiger partial charge in [0, 0.05) is 24.5 Å². The lowest BCUT2D eigenvalue weighted by Crippen LogP contribution is -2.42. The summed E-state index contributed by atoms with van der Waals surface area (Å²) < 4.78 is 0. The maximum atomic E-state index is 9.84. The van der Waals surface area contributed by atoms with E-state index in [9.17, 15) is 5.11 Å². The Hall–Kier alpha value is -1.11. The molecule has 0 spiro atoms. The fourth-order valence-electron chi connectivity index (χ4n) is 3.74. The number of guanidine groups is 1. The summed E-state index contributed by atoms with van der Waals surface area (Å²) in [6.07, 6.45) is 3.18. The van der Waals surface area contributed by atoms with Gasteiger partial charge in [-0.3, -0.25) is 9.89 Å². The minimum Gasteiger partial charge on any atom is -0.391 e. The Kier molecular flexibility index (Phi) is 6.73. The maximum absolute atomic E-state index is 9.84. The van der Waals surface area contributed by atoms with Crippen LogP contribution in [0, 0.1) is 5.92 Å². The van der Waals surface area contributed by atoms with Crippen molar-refractivity contribution in [1.29, 1.82) is 0 Å². The van der Waals surface area contributed by atoms with Gasteiger partial charge >= 0.3 is 0 Å². The van der Waals surface area contributed by atoms with Crippen molar-refractivity contribution in [3.05, 3.63) is 22.4 Å². The Morgan fingerprint density at radius 3 is 2.76 bits per heavy atom. The first kappa shape index (κ1) is 18.7. The van der Waals surface area contributed by atoms with Crippen LogP contribution in [0.15, 0.2) is 22.5 Å². The molecule has 2 fully saturated rings. The number of aliphatic hydroxyl groups is 1. The molecule has 2 aliphatic heterocycles. The van der Waals surface area contributed by atoms with Crippen LogP contribution < -0.4 is 5.32 Å². The van der Waals surface area contributed by atoms with Crippen LogP contribution >= 0.6 is 11.3 Å². The lowest BCUT2D eigenvalue weighted by molar-refractivity contribution is 0.143. The number of likely N-dealkylation sites (tertiary alicyclic amines) is 2. The number of nitrogens with one attached hydrogen (secondary N) is 1. The van der Waals surface area contributed by atoms with E-state index in [1.807, 2.05) is 11.3 Å². The van der Waals surface area contributed by atoms with Crippen LogP contribution in [0.3, 0.4) is 0 Å². The van der Waals surface area contributed by atoms with Crippen LogP contribution in [0.5, 0.6) is 0 Å². The first-order valence-electron chi connectivity index (χ1n) is 9.66. The number of hydrogen-bond acceptors (Lipinski definition) is 4. The Morgan fingerprint density at radius 1 is 1.36 bits per heavy atom. The molecule has 6 heteroatoms. The second kappa shape index (κ2) is 9.01. The fourth-order valence-corrected chi connectivity index (χ4v) is 4.59. The average molecular weight is 365 g/mol. The summed E-state index contributed by atoms with van der Waals surface area (Å²) in [7, 11) is 0. The highest BCUT2D eigenvalue weighted by Gasteiger charge is 2.27. The molecule has 0 bridgehead atoms. The van der Waals surface area contributed by atoms with Crippen molar-refractivity contribution >= 4 is 17.3 Å². The Bertz CT molecular complexity index is 540. The first-order chi connectivity index (χ1) is 12.2. The molecule has 0 radical (unpaired) electrons. The number of β-amino-alcohol motifs (C(OH)–C–C–N with tert-alkyl or cyclic N) is 1. The van der Waals surface area contributed by atoms with Crippen LogP contribution in [0.2, 0.25) is 0 Å². The molecular formula is C19H32N4OS. The number of aliphatic hydroxyl groups excluding tert-OH is 1. The van der Waals surface area contributed by atoms with Crippen molar-refractivity contribution in [2.24, 2.45) is 10.9 Å². The topological polar surface area (TPSA) is 51.1 Å². The van der Waals surface area contributed by atoms with Gasteiger partial charge in [-0.25, -0.2) is 0 Å². The molecule has 2 atom stereocenters. The van der Waals surface area contributed by atoms with Gasteiger partial charge in [0.2, 0.25) is 0 Å². The van der Waals surface area contributed by atoms with Gasteiger partial charge in [-0.1, -0.05) is 13.0 Å². The average Bonchev–Trinajstić information content (AvgIpc) is 3.27. The zero-order valence-corrected chi connectivity index (χ0v) is 16.3. The number of nitrogens with zero attached hydrogens (tertiary/aromatic N) is 3. The molecule has 140 valence electrons. The molecule has 0 amide bonds. The number of aliphatic imine (C=N–C) groups is 1. The second-order valence-corrected chi connectivity index (χ2v) is 8.31. The van der Waals surface area contributed by atoms with Crippen LogP contribution in [0.4, 0.5) is 0 Å². The monoisotopic (exact) mass is 364 g/mol. The van der Waals surface area contributed by atoms with Crippen molar-refractivity contribution in [3.63, 3.8) is 0 Å². The van der Waals surface area contributed by atoms with Gasteiger partial charge in [-0.05, 0) is 56.6 Å². The molecule has 2 aliphatic rings. The van der Waals surface area contributed by atoms with Gasteiger partial charge in [0.15, 0.2) is 5.96 Å². The second-order valence-electron chi connectivity index (χ2n) is 7.33. The molecule has 3 rings (SSSR count). The third-order valence-corrected chi connectivity index (χ3v) is 6.32. The normalized spacial score (nSPS) is 24.7. The molecule has 2 N–H and O–H groups in total. The van der Waals surface area contributed by atoms with Crippen molar-refractivity contribution in [3.8, 4) is 0 Å². The molecule has 3 heterocycles. The van der Waals surface area contributed by atoms with Gasteiger partial charge in [0.25, 0.3) is 0 Å². The van der Waals surface area contributed by atoms with E-state index < -0.39 is 0 Å². The molecule has 5 nitrogen and oxygen atoms in total. The van der Waals surface area contributed by atoms with E-state index in [0.29, 0.717) is 12.6 Å². The van der Waals surface area contributed by atoms with Gasteiger partial charge < -0.3 is 15.3 Å². The summed E-state index contributed by atoms with van der Waals surface area (Å²) in [5, 5.41) is 15.4. The smallest absolute Gasteiger partial charge is 0.194 e. The third-order valence-electron chi connectivity index (χ3n) is 5.34. The highest BCUT2D eigenvalue weighted by molar-refractivity contribution is 7.10. The molecule has 1 aromatic heterocycles. The molecule has 1 aromatic rings.